The number of carbonyl (C=O) groups is 2. The molecule has 1 aromatic heterocycles. The number of hydrogen-bond donors (Lipinski definition) is 1. The molecule has 1 N–H and O–H groups in total. The molecule has 2 aromatic rings. The molecule has 0 saturated carbocycles. The number of rotatable bonds is 5. The normalized spacial score (nSPS) is 20.9. The summed E-state index contributed by atoms with van der Waals surface area (Å²) in [5.41, 5.74) is 0.881. The van der Waals surface area contributed by atoms with E-state index in [1.807, 2.05) is 0 Å². The number of aliphatic carboxylic acids is 1. The van der Waals surface area contributed by atoms with Gasteiger partial charge in [0.05, 0.1) is 17.4 Å². The minimum absolute atomic E-state index is 0.0348. The van der Waals surface area contributed by atoms with Crippen molar-refractivity contribution in [2.75, 3.05) is 19.7 Å². The fourth-order valence-corrected chi connectivity index (χ4v) is 4.93. The van der Waals surface area contributed by atoms with E-state index in [0.29, 0.717) is 16.5 Å². The van der Waals surface area contributed by atoms with E-state index in [9.17, 15) is 23.1 Å². The Balaban J connectivity index is 1.98. The molecule has 1 aliphatic rings. The van der Waals surface area contributed by atoms with Crippen LogP contribution in [0.4, 0.5) is 0 Å². The molecule has 1 fully saturated rings. The Morgan fingerprint density at radius 2 is 2.04 bits per heavy atom. The molecule has 3 rings (SSSR count). The highest BCUT2D eigenvalue weighted by atomic mass is 32.2. The number of furan rings is 1. The monoisotopic (exact) mass is 395 g/mol. The number of carboxylic acid groups (broad SMARTS) is 1. The molecule has 0 radical (unpaired) electrons. The lowest BCUT2D eigenvalue weighted by Crippen LogP contribution is -2.30. The summed E-state index contributed by atoms with van der Waals surface area (Å²) >= 11 is 0. The fraction of sp³-hybridized carbons (Fsp3) is 0.444. The Morgan fingerprint density at radius 1 is 1.33 bits per heavy atom. The van der Waals surface area contributed by atoms with Crippen molar-refractivity contribution < 1.29 is 32.3 Å². The molecule has 0 aliphatic carbocycles. The maximum atomic E-state index is 13.0. The molecule has 1 saturated heterocycles. The van der Waals surface area contributed by atoms with E-state index in [0.717, 1.165) is 0 Å². The summed E-state index contributed by atoms with van der Waals surface area (Å²) in [5.74, 6) is -2.56. The Labute approximate surface area is 156 Å². The standard InChI is InChI=1S/C18H21NO7S/c1-4-25-18(22)16-11(3)13-7-12(5-6-15(13)26-16)27(23,24)19-8-10(2)14(9-19)17(20)21/h5-7,10,14H,4,8-9H2,1-3H3,(H,20,21)/t10-,14-/m1/s1. The number of aryl methyl sites for hydroxylation is 1. The molecular weight excluding hydrogens is 374 g/mol. The zero-order valence-corrected chi connectivity index (χ0v) is 16.1. The molecule has 1 aliphatic heterocycles. The second-order valence-electron chi connectivity index (χ2n) is 6.68. The average Bonchev–Trinajstić information content (AvgIpc) is 3.16. The first-order valence-electron chi connectivity index (χ1n) is 8.60. The number of esters is 1. The van der Waals surface area contributed by atoms with Crippen LogP contribution in [-0.2, 0) is 19.6 Å². The lowest BCUT2D eigenvalue weighted by Gasteiger charge is -2.16. The molecule has 0 unspecified atom stereocenters. The summed E-state index contributed by atoms with van der Waals surface area (Å²) in [6, 6.07) is 4.34. The fourth-order valence-electron chi connectivity index (χ4n) is 3.34. The smallest absolute Gasteiger partial charge is 0.374 e. The van der Waals surface area contributed by atoms with Gasteiger partial charge >= 0.3 is 11.9 Å². The molecule has 2 atom stereocenters. The van der Waals surface area contributed by atoms with E-state index in [-0.39, 0.29) is 36.3 Å². The highest BCUT2D eigenvalue weighted by Gasteiger charge is 2.40. The van der Waals surface area contributed by atoms with Crippen molar-refractivity contribution in [1.82, 2.24) is 4.31 Å². The van der Waals surface area contributed by atoms with Crippen LogP contribution >= 0.6 is 0 Å². The Morgan fingerprint density at radius 3 is 2.63 bits per heavy atom. The van der Waals surface area contributed by atoms with Crippen LogP contribution in [0, 0.1) is 18.8 Å². The largest absolute Gasteiger partial charge is 0.481 e. The number of nitrogens with zero attached hydrogens (tertiary/aromatic N) is 1. The van der Waals surface area contributed by atoms with E-state index < -0.39 is 27.9 Å². The third-order valence-corrected chi connectivity index (χ3v) is 6.73. The van der Waals surface area contributed by atoms with E-state index in [2.05, 4.69) is 0 Å². The zero-order valence-electron chi connectivity index (χ0n) is 15.3. The van der Waals surface area contributed by atoms with Crippen molar-refractivity contribution in [3.8, 4) is 0 Å². The maximum Gasteiger partial charge on any atom is 0.374 e. The highest BCUT2D eigenvalue weighted by molar-refractivity contribution is 7.89. The van der Waals surface area contributed by atoms with Gasteiger partial charge in [-0.1, -0.05) is 6.92 Å². The number of hydrogen-bond acceptors (Lipinski definition) is 6. The van der Waals surface area contributed by atoms with E-state index in [4.69, 9.17) is 9.15 Å². The molecule has 146 valence electrons. The van der Waals surface area contributed by atoms with Crippen molar-refractivity contribution in [3.05, 3.63) is 29.5 Å². The van der Waals surface area contributed by atoms with E-state index >= 15 is 0 Å². The summed E-state index contributed by atoms with van der Waals surface area (Å²) in [5, 5.41) is 9.74. The molecule has 0 spiro atoms. The van der Waals surface area contributed by atoms with Gasteiger partial charge in [0.15, 0.2) is 0 Å². The molecule has 27 heavy (non-hydrogen) atoms. The average molecular weight is 395 g/mol. The molecule has 0 bridgehead atoms. The van der Waals surface area contributed by atoms with Gasteiger partial charge in [-0.2, -0.15) is 4.31 Å². The summed E-state index contributed by atoms with van der Waals surface area (Å²) in [4.78, 5) is 23.3. The lowest BCUT2D eigenvalue weighted by molar-refractivity contribution is -0.142. The minimum Gasteiger partial charge on any atom is -0.481 e. The number of sulfonamides is 1. The Hall–Kier alpha value is -2.39. The molecule has 0 amide bonds. The van der Waals surface area contributed by atoms with Crippen molar-refractivity contribution in [3.63, 3.8) is 0 Å². The Bertz CT molecular complexity index is 1010. The third kappa shape index (κ3) is 3.32. The van der Waals surface area contributed by atoms with Crippen LogP contribution in [0.1, 0.15) is 30.0 Å². The van der Waals surface area contributed by atoms with Gasteiger partial charge in [-0.05, 0) is 38.0 Å². The highest BCUT2D eigenvalue weighted by Crippen LogP contribution is 2.32. The van der Waals surface area contributed by atoms with Gasteiger partial charge < -0.3 is 14.3 Å². The van der Waals surface area contributed by atoms with Gasteiger partial charge in [0.2, 0.25) is 15.8 Å². The second kappa shape index (κ2) is 6.97. The van der Waals surface area contributed by atoms with Crippen LogP contribution in [-0.4, -0.2) is 49.5 Å². The molecule has 8 nitrogen and oxygen atoms in total. The second-order valence-corrected chi connectivity index (χ2v) is 8.62. The summed E-state index contributed by atoms with van der Waals surface area (Å²) in [7, 11) is -3.86. The lowest BCUT2D eigenvalue weighted by atomic mass is 9.99. The van der Waals surface area contributed by atoms with Crippen LogP contribution in [0.5, 0.6) is 0 Å². The van der Waals surface area contributed by atoms with Crippen LogP contribution in [0.15, 0.2) is 27.5 Å². The predicted octanol–water partition coefficient (Wildman–Crippen LogP) is 2.26. The summed E-state index contributed by atoms with van der Waals surface area (Å²) < 4.78 is 37.6. The maximum absolute atomic E-state index is 13.0. The van der Waals surface area contributed by atoms with Gasteiger partial charge in [0.1, 0.15) is 5.58 Å². The van der Waals surface area contributed by atoms with E-state index in [1.54, 1.807) is 20.8 Å². The topological polar surface area (TPSA) is 114 Å². The van der Waals surface area contributed by atoms with Crippen LogP contribution < -0.4 is 0 Å². The van der Waals surface area contributed by atoms with Gasteiger partial charge in [-0.3, -0.25) is 4.79 Å². The third-order valence-electron chi connectivity index (χ3n) is 4.90. The quantitative estimate of drug-likeness (QED) is 0.772. The number of ether oxygens (including phenoxy) is 1. The van der Waals surface area contributed by atoms with Gasteiger partial charge in [0, 0.05) is 24.0 Å². The van der Waals surface area contributed by atoms with Gasteiger partial charge in [0.25, 0.3) is 0 Å². The van der Waals surface area contributed by atoms with Crippen LogP contribution in [0.2, 0.25) is 0 Å². The molecule has 1 aromatic carbocycles. The molecular formula is C18H21NO7S. The molecule has 2 heterocycles. The first kappa shape index (κ1) is 19.4. The van der Waals surface area contributed by atoms with Gasteiger partial charge in [-0.25, -0.2) is 13.2 Å². The van der Waals surface area contributed by atoms with Crippen molar-refractivity contribution >= 4 is 32.9 Å². The summed E-state index contributed by atoms with van der Waals surface area (Å²) in [6.45, 7) is 5.36. The van der Waals surface area contributed by atoms with Crippen LogP contribution in [0.3, 0.4) is 0 Å². The SMILES string of the molecule is CCOC(=O)c1oc2ccc(S(=O)(=O)N3C[C@@H](C)[C@H](C(=O)O)C3)cc2c1C. The number of benzene rings is 1. The Kier molecular flexibility index (Phi) is 5.00. The first-order valence-corrected chi connectivity index (χ1v) is 10.0. The number of carbonyl (C=O) groups excluding carboxylic acids is 1. The van der Waals surface area contributed by atoms with Crippen molar-refractivity contribution in [2.45, 2.75) is 25.7 Å². The number of fused-ring (bicyclic) bond motifs is 1. The zero-order chi connectivity index (χ0) is 19.9. The molecule has 9 heteroatoms. The summed E-state index contributed by atoms with van der Waals surface area (Å²) in [6.07, 6.45) is 0. The first-order chi connectivity index (χ1) is 12.7. The van der Waals surface area contributed by atoms with Gasteiger partial charge in [-0.15, -0.1) is 0 Å². The predicted molar refractivity (Wildman–Crippen MR) is 96.0 cm³/mol. The van der Waals surface area contributed by atoms with Crippen LogP contribution in [0.25, 0.3) is 11.0 Å². The van der Waals surface area contributed by atoms with Crippen molar-refractivity contribution in [1.29, 1.82) is 0 Å². The van der Waals surface area contributed by atoms with E-state index in [1.165, 1.54) is 22.5 Å². The van der Waals surface area contributed by atoms with Crippen molar-refractivity contribution in [2.24, 2.45) is 11.8 Å². The minimum atomic E-state index is -3.86. The number of carboxylic acids is 1.